The van der Waals surface area contributed by atoms with E-state index in [1.807, 2.05) is 12.1 Å². The Bertz CT molecular complexity index is 576. The lowest BCUT2D eigenvalue weighted by Gasteiger charge is -2.04. The fourth-order valence-electron chi connectivity index (χ4n) is 1.31. The standard InChI is InChI=1S/C10H5BrClIN2O/c11-7-1-5-3-9(15-10(13)16)14-4-6(5)2-8(7)12/h1-4H,(H,14,15,16). The predicted molar refractivity (Wildman–Crippen MR) is 77.5 cm³/mol. The first-order valence-corrected chi connectivity index (χ1v) is 6.52. The lowest BCUT2D eigenvalue weighted by Crippen LogP contribution is -2.01. The van der Waals surface area contributed by atoms with Crippen LogP contribution in [0.15, 0.2) is 28.9 Å². The van der Waals surface area contributed by atoms with Crippen LogP contribution in [-0.4, -0.2) is 8.90 Å². The van der Waals surface area contributed by atoms with Crippen LogP contribution in [0, 0.1) is 0 Å². The second kappa shape index (κ2) is 4.85. The molecule has 1 amide bonds. The molecular weight excluding hydrogens is 406 g/mol. The minimum Gasteiger partial charge on any atom is -0.302 e. The van der Waals surface area contributed by atoms with Gasteiger partial charge in [-0.25, -0.2) is 4.98 Å². The maximum absolute atomic E-state index is 10.9. The Hall–Kier alpha value is -0.400. The van der Waals surface area contributed by atoms with Crippen molar-refractivity contribution in [1.29, 1.82) is 0 Å². The van der Waals surface area contributed by atoms with Crippen molar-refractivity contribution in [3.05, 3.63) is 33.9 Å². The van der Waals surface area contributed by atoms with E-state index in [-0.39, 0.29) is 3.91 Å². The van der Waals surface area contributed by atoms with E-state index in [1.54, 1.807) is 34.9 Å². The molecule has 0 saturated heterocycles. The number of carbonyl (C=O) groups is 1. The number of fused-ring (bicyclic) bond motifs is 1. The second-order valence-electron chi connectivity index (χ2n) is 3.08. The van der Waals surface area contributed by atoms with Gasteiger partial charge in [0.2, 0.25) is 0 Å². The van der Waals surface area contributed by atoms with E-state index in [9.17, 15) is 4.79 Å². The first-order valence-electron chi connectivity index (χ1n) is 4.27. The Morgan fingerprint density at radius 3 is 2.81 bits per heavy atom. The highest BCUT2D eigenvalue weighted by molar-refractivity contribution is 14.1. The van der Waals surface area contributed by atoms with Gasteiger partial charge in [0.05, 0.1) is 5.02 Å². The highest BCUT2D eigenvalue weighted by Crippen LogP contribution is 2.28. The van der Waals surface area contributed by atoms with Gasteiger partial charge in [-0.3, -0.25) is 4.79 Å². The number of benzene rings is 1. The molecule has 0 unspecified atom stereocenters. The lowest BCUT2D eigenvalue weighted by molar-refractivity contribution is 0.271. The fourth-order valence-corrected chi connectivity index (χ4v) is 2.12. The normalized spacial score (nSPS) is 10.4. The number of nitrogens with one attached hydrogen (secondary N) is 1. The molecule has 82 valence electrons. The average Bonchev–Trinajstić information content (AvgIpc) is 2.19. The number of halogens is 3. The molecule has 0 aliphatic heterocycles. The number of aromatic nitrogens is 1. The molecule has 0 fully saturated rings. The minimum absolute atomic E-state index is 0.169. The third kappa shape index (κ3) is 2.64. The summed E-state index contributed by atoms with van der Waals surface area (Å²) >= 11 is 11.0. The number of carbonyl (C=O) groups excluding carboxylic acids is 1. The SMILES string of the molecule is O=C(I)Nc1cc2cc(Br)c(Cl)cc2cn1. The molecule has 0 saturated carbocycles. The summed E-state index contributed by atoms with van der Waals surface area (Å²) in [7, 11) is 0. The van der Waals surface area contributed by atoms with E-state index in [2.05, 4.69) is 26.2 Å². The van der Waals surface area contributed by atoms with Crippen LogP contribution in [0.5, 0.6) is 0 Å². The largest absolute Gasteiger partial charge is 0.302 e. The van der Waals surface area contributed by atoms with Crippen molar-refractivity contribution in [1.82, 2.24) is 4.98 Å². The lowest BCUT2D eigenvalue weighted by atomic mass is 10.2. The van der Waals surface area contributed by atoms with E-state index in [0.717, 1.165) is 15.2 Å². The highest BCUT2D eigenvalue weighted by Gasteiger charge is 2.03. The molecule has 2 rings (SSSR count). The zero-order valence-corrected chi connectivity index (χ0v) is 12.3. The summed E-state index contributed by atoms with van der Waals surface area (Å²) in [5, 5.41) is 5.15. The highest BCUT2D eigenvalue weighted by atomic mass is 127. The first-order chi connectivity index (χ1) is 7.56. The number of amides is 1. The summed E-state index contributed by atoms with van der Waals surface area (Å²) in [6.45, 7) is 0. The number of nitrogens with zero attached hydrogens (tertiary/aromatic N) is 1. The molecule has 0 radical (unpaired) electrons. The van der Waals surface area contributed by atoms with E-state index >= 15 is 0 Å². The third-order valence-electron chi connectivity index (χ3n) is 1.99. The van der Waals surface area contributed by atoms with Gasteiger partial charge in [0.25, 0.3) is 3.91 Å². The van der Waals surface area contributed by atoms with Crippen LogP contribution in [0.2, 0.25) is 5.02 Å². The van der Waals surface area contributed by atoms with Crippen molar-refractivity contribution in [3.8, 4) is 0 Å². The molecule has 1 heterocycles. The van der Waals surface area contributed by atoms with Gasteiger partial charge >= 0.3 is 0 Å². The average molecular weight is 411 g/mol. The monoisotopic (exact) mass is 410 g/mol. The van der Waals surface area contributed by atoms with Gasteiger partial charge in [-0.2, -0.15) is 0 Å². The zero-order chi connectivity index (χ0) is 11.7. The first kappa shape index (κ1) is 12.1. The maximum Gasteiger partial charge on any atom is 0.286 e. The number of hydrogen-bond acceptors (Lipinski definition) is 2. The van der Waals surface area contributed by atoms with E-state index in [4.69, 9.17) is 11.6 Å². The second-order valence-corrected chi connectivity index (χ2v) is 5.32. The van der Waals surface area contributed by atoms with Crippen molar-refractivity contribution in [3.63, 3.8) is 0 Å². The van der Waals surface area contributed by atoms with Gasteiger partial charge in [0, 0.05) is 38.6 Å². The van der Waals surface area contributed by atoms with Gasteiger partial charge in [0.15, 0.2) is 0 Å². The summed E-state index contributed by atoms with van der Waals surface area (Å²) in [6.07, 6.45) is 1.68. The van der Waals surface area contributed by atoms with Gasteiger partial charge in [-0.15, -0.1) is 0 Å². The van der Waals surface area contributed by atoms with Crippen molar-refractivity contribution >= 4 is 70.6 Å². The van der Waals surface area contributed by atoms with E-state index in [0.29, 0.717) is 10.8 Å². The van der Waals surface area contributed by atoms with Crippen LogP contribution >= 0.6 is 50.1 Å². The molecule has 2 aromatic rings. The Morgan fingerprint density at radius 2 is 2.12 bits per heavy atom. The molecule has 1 aromatic heterocycles. The van der Waals surface area contributed by atoms with Crippen LogP contribution in [0.1, 0.15) is 0 Å². The Kier molecular flexibility index (Phi) is 3.66. The number of anilines is 1. The van der Waals surface area contributed by atoms with Crippen molar-refractivity contribution < 1.29 is 4.79 Å². The molecule has 0 bridgehead atoms. The molecule has 3 nitrogen and oxygen atoms in total. The minimum atomic E-state index is -0.169. The number of hydrogen-bond donors (Lipinski definition) is 1. The van der Waals surface area contributed by atoms with Crippen LogP contribution in [-0.2, 0) is 0 Å². The van der Waals surface area contributed by atoms with Crippen molar-refractivity contribution in [2.24, 2.45) is 0 Å². The summed E-state index contributed by atoms with van der Waals surface area (Å²) in [5.41, 5.74) is 0. The maximum atomic E-state index is 10.9. The fraction of sp³-hybridized carbons (Fsp3) is 0. The number of pyridine rings is 1. The molecule has 16 heavy (non-hydrogen) atoms. The summed E-state index contributed by atoms with van der Waals surface area (Å²) in [5.74, 6) is 0.529. The molecule has 1 N–H and O–H groups in total. The van der Waals surface area contributed by atoms with Gasteiger partial charge in [0.1, 0.15) is 5.82 Å². The van der Waals surface area contributed by atoms with Crippen LogP contribution < -0.4 is 5.32 Å². The smallest absolute Gasteiger partial charge is 0.286 e. The van der Waals surface area contributed by atoms with Gasteiger partial charge in [-0.05, 0) is 39.5 Å². The van der Waals surface area contributed by atoms with Crippen LogP contribution in [0.3, 0.4) is 0 Å². The molecule has 0 spiro atoms. The quantitative estimate of drug-likeness (QED) is 0.423. The molecule has 1 aromatic carbocycles. The van der Waals surface area contributed by atoms with Crippen LogP contribution in [0.4, 0.5) is 10.6 Å². The molecule has 0 aliphatic rings. The van der Waals surface area contributed by atoms with Crippen molar-refractivity contribution in [2.45, 2.75) is 0 Å². The third-order valence-corrected chi connectivity index (χ3v) is 3.45. The van der Waals surface area contributed by atoms with Gasteiger partial charge in [-0.1, -0.05) is 11.6 Å². The summed E-state index contributed by atoms with van der Waals surface area (Å²) < 4.78 is 0.650. The molecule has 0 atom stereocenters. The van der Waals surface area contributed by atoms with Gasteiger partial charge < -0.3 is 5.32 Å². The Labute approximate surface area is 119 Å². The Balaban J connectivity index is 2.53. The van der Waals surface area contributed by atoms with Crippen molar-refractivity contribution in [2.75, 3.05) is 5.32 Å². The summed E-state index contributed by atoms with van der Waals surface area (Å²) in [4.78, 5) is 15.0. The predicted octanol–water partition coefficient (Wildman–Crippen LogP) is 4.62. The van der Waals surface area contributed by atoms with Crippen LogP contribution in [0.25, 0.3) is 10.8 Å². The molecule has 0 aliphatic carbocycles. The molecule has 6 heteroatoms. The van der Waals surface area contributed by atoms with E-state index in [1.165, 1.54) is 0 Å². The molecular formula is C10H5BrClIN2O. The topological polar surface area (TPSA) is 42.0 Å². The number of rotatable bonds is 1. The summed E-state index contributed by atoms with van der Waals surface area (Å²) in [6, 6.07) is 5.51. The zero-order valence-electron chi connectivity index (χ0n) is 7.80. The van der Waals surface area contributed by atoms with E-state index < -0.39 is 0 Å². The Morgan fingerprint density at radius 1 is 1.38 bits per heavy atom.